The first-order valence-corrected chi connectivity index (χ1v) is 13.9. The predicted molar refractivity (Wildman–Crippen MR) is 127 cm³/mol. The molecule has 0 bridgehead atoms. The Hall–Kier alpha value is -0.520. The Morgan fingerprint density at radius 1 is 0.758 bits per heavy atom. The number of ether oxygens (including phenoxy) is 3. The second-order valence-electron chi connectivity index (χ2n) is 11.6. The Bertz CT molecular complexity index is 576. The molecule has 0 radical (unpaired) electrons. The number of rotatable bonds is 8. The highest BCUT2D eigenvalue weighted by Crippen LogP contribution is 2.46. The number of hydrogen-bond acceptors (Lipinski definition) is 3. The van der Waals surface area contributed by atoms with Crippen molar-refractivity contribution >= 4 is 0 Å². The van der Waals surface area contributed by atoms with Gasteiger partial charge in [0.1, 0.15) is 6.10 Å². The normalized spacial score (nSPS) is 40.3. The van der Waals surface area contributed by atoms with E-state index in [4.69, 9.17) is 14.2 Å². The molecule has 0 atom stereocenters. The van der Waals surface area contributed by atoms with Gasteiger partial charge in [-0.3, -0.25) is 0 Å². The summed E-state index contributed by atoms with van der Waals surface area (Å²) in [6, 6.07) is 0. The summed E-state index contributed by atoms with van der Waals surface area (Å²) in [7, 11) is 0. The number of hydrogen-bond donors (Lipinski definition) is 0. The maximum Gasteiger partial charge on any atom is 0.271 e. The van der Waals surface area contributed by atoms with Crippen molar-refractivity contribution in [1.29, 1.82) is 0 Å². The molecule has 33 heavy (non-hydrogen) atoms. The molecular weight excluding hydrogens is 422 g/mol. The Morgan fingerprint density at radius 3 is 1.76 bits per heavy atom. The summed E-state index contributed by atoms with van der Waals surface area (Å²) in [5, 5.41) is 0. The molecule has 4 rings (SSSR count). The summed E-state index contributed by atoms with van der Waals surface area (Å²) in [4.78, 5) is 0. The summed E-state index contributed by atoms with van der Waals surface area (Å²) in [6.45, 7) is 3.79. The maximum absolute atomic E-state index is 12.2. The third-order valence-electron chi connectivity index (χ3n) is 9.37. The molecule has 4 fully saturated rings. The Labute approximate surface area is 200 Å². The molecule has 1 saturated heterocycles. The molecule has 0 aromatic carbocycles. The van der Waals surface area contributed by atoms with Crippen LogP contribution in [-0.4, -0.2) is 32.2 Å². The van der Waals surface area contributed by atoms with E-state index in [0.717, 1.165) is 41.9 Å². The van der Waals surface area contributed by atoms with Crippen LogP contribution in [0.15, 0.2) is 12.2 Å². The largest absolute Gasteiger partial charge is 0.373 e. The predicted octanol–water partition coefficient (Wildman–Crippen LogP) is 7.74. The molecule has 4 aliphatic rings. The van der Waals surface area contributed by atoms with Crippen molar-refractivity contribution < 1.29 is 23.0 Å². The van der Waals surface area contributed by atoms with Gasteiger partial charge in [0.05, 0.1) is 13.2 Å². The van der Waals surface area contributed by atoms with Crippen LogP contribution in [0.1, 0.15) is 96.8 Å². The minimum atomic E-state index is -1.77. The zero-order chi connectivity index (χ0) is 23.0. The van der Waals surface area contributed by atoms with Crippen molar-refractivity contribution in [2.75, 3.05) is 19.8 Å². The van der Waals surface area contributed by atoms with Gasteiger partial charge in [0.15, 0.2) is 6.29 Å². The topological polar surface area (TPSA) is 27.7 Å². The second-order valence-corrected chi connectivity index (χ2v) is 11.6. The van der Waals surface area contributed by atoms with Gasteiger partial charge in [-0.25, -0.2) is 0 Å². The Balaban J connectivity index is 1.04. The van der Waals surface area contributed by atoms with E-state index in [1.807, 2.05) is 0 Å². The Kier molecular flexibility index (Phi) is 10.1. The average molecular weight is 469 g/mol. The van der Waals surface area contributed by atoms with E-state index in [2.05, 4.69) is 6.92 Å². The monoisotopic (exact) mass is 468 g/mol. The van der Waals surface area contributed by atoms with Crippen molar-refractivity contribution in [3.05, 3.63) is 12.2 Å². The molecule has 3 saturated carbocycles. The summed E-state index contributed by atoms with van der Waals surface area (Å²) >= 11 is 0. The minimum Gasteiger partial charge on any atom is -0.373 e. The van der Waals surface area contributed by atoms with Crippen molar-refractivity contribution in [2.45, 2.75) is 109 Å². The standard InChI is InChI=1S/C28H46F2O3/c1-20-4-8-22(9-5-20)24-12-14-25(15-13-24)23-10-6-21(7-11-23)3-2-16-31-26-18-32-28(33-19-26)17-27(29)30/h17,20-26,28H,2-16,18-19H2,1H3. The first-order valence-electron chi connectivity index (χ1n) is 13.9. The van der Waals surface area contributed by atoms with E-state index in [9.17, 15) is 8.78 Å². The third kappa shape index (κ3) is 8.00. The molecule has 1 aliphatic heterocycles. The highest BCUT2D eigenvalue weighted by Gasteiger charge is 2.34. The molecule has 1 heterocycles. The molecule has 0 spiro atoms. The van der Waals surface area contributed by atoms with Crippen LogP contribution in [0.4, 0.5) is 8.78 Å². The molecule has 3 nitrogen and oxygen atoms in total. The van der Waals surface area contributed by atoms with Crippen molar-refractivity contribution in [2.24, 2.45) is 35.5 Å². The van der Waals surface area contributed by atoms with Gasteiger partial charge < -0.3 is 14.2 Å². The lowest BCUT2D eigenvalue weighted by atomic mass is 9.65. The van der Waals surface area contributed by atoms with Gasteiger partial charge in [0.25, 0.3) is 6.08 Å². The minimum absolute atomic E-state index is 0.139. The van der Waals surface area contributed by atoms with Crippen molar-refractivity contribution in [3.63, 3.8) is 0 Å². The van der Waals surface area contributed by atoms with Gasteiger partial charge in [-0.2, -0.15) is 8.78 Å². The van der Waals surface area contributed by atoms with Crippen LogP contribution in [0, 0.1) is 35.5 Å². The fourth-order valence-electron chi connectivity index (χ4n) is 7.21. The zero-order valence-corrected chi connectivity index (χ0v) is 20.7. The summed E-state index contributed by atoms with van der Waals surface area (Å²) in [6.07, 6.45) is 17.8. The number of halogens is 2. The van der Waals surface area contributed by atoms with Crippen LogP contribution in [0.3, 0.4) is 0 Å². The van der Waals surface area contributed by atoms with E-state index in [0.29, 0.717) is 25.9 Å². The van der Waals surface area contributed by atoms with Crippen LogP contribution in [0.25, 0.3) is 0 Å². The second kappa shape index (κ2) is 13.0. The van der Waals surface area contributed by atoms with Gasteiger partial charge in [-0.15, -0.1) is 0 Å². The summed E-state index contributed by atoms with van der Waals surface area (Å²) in [5.41, 5.74) is 0. The fraction of sp³-hybridized carbons (Fsp3) is 0.929. The average Bonchev–Trinajstić information content (AvgIpc) is 2.84. The smallest absolute Gasteiger partial charge is 0.271 e. The molecule has 190 valence electrons. The molecule has 0 aromatic heterocycles. The van der Waals surface area contributed by atoms with Crippen LogP contribution in [0.5, 0.6) is 0 Å². The van der Waals surface area contributed by atoms with Crippen LogP contribution in [-0.2, 0) is 14.2 Å². The zero-order valence-electron chi connectivity index (χ0n) is 20.7. The van der Waals surface area contributed by atoms with Crippen LogP contribution < -0.4 is 0 Å². The lowest BCUT2D eigenvalue weighted by molar-refractivity contribution is -0.206. The van der Waals surface area contributed by atoms with E-state index >= 15 is 0 Å². The summed E-state index contributed by atoms with van der Waals surface area (Å²) < 4.78 is 40.8. The molecule has 0 amide bonds. The van der Waals surface area contributed by atoms with Gasteiger partial charge in [-0.1, -0.05) is 32.6 Å². The van der Waals surface area contributed by atoms with E-state index in [-0.39, 0.29) is 6.10 Å². The van der Waals surface area contributed by atoms with Gasteiger partial charge >= 0.3 is 0 Å². The van der Waals surface area contributed by atoms with Gasteiger partial charge in [0, 0.05) is 12.7 Å². The molecular formula is C28H46F2O3. The Morgan fingerprint density at radius 2 is 1.24 bits per heavy atom. The fourth-order valence-corrected chi connectivity index (χ4v) is 7.21. The van der Waals surface area contributed by atoms with Crippen LogP contribution in [0.2, 0.25) is 0 Å². The SMILES string of the molecule is CC1CCC(C2CCC(C3CCC(CCCOC4COC(C=C(F)F)OC4)CC3)CC2)CC1. The highest BCUT2D eigenvalue weighted by atomic mass is 19.3. The van der Waals surface area contributed by atoms with Crippen molar-refractivity contribution in [1.82, 2.24) is 0 Å². The summed E-state index contributed by atoms with van der Waals surface area (Å²) in [5.74, 6) is 5.90. The highest BCUT2D eigenvalue weighted by molar-refractivity contribution is 4.87. The molecule has 0 N–H and O–H groups in total. The van der Waals surface area contributed by atoms with Gasteiger partial charge in [-0.05, 0) is 99.7 Å². The first kappa shape index (κ1) is 25.6. The molecule has 3 aliphatic carbocycles. The van der Waals surface area contributed by atoms with E-state index in [1.54, 1.807) is 0 Å². The van der Waals surface area contributed by atoms with Crippen LogP contribution >= 0.6 is 0 Å². The third-order valence-corrected chi connectivity index (χ3v) is 9.37. The lowest BCUT2D eigenvalue weighted by Gasteiger charge is -2.41. The van der Waals surface area contributed by atoms with Gasteiger partial charge in [0.2, 0.25) is 0 Å². The quantitative estimate of drug-likeness (QED) is 0.341. The maximum atomic E-state index is 12.2. The first-order chi connectivity index (χ1) is 16.1. The van der Waals surface area contributed by atoms with E-state index < -0.39 is 12.4 Å². The molecule has 5 heteroatoms. The lowest BCUT2D eigenvalue weighted by Crippen LogP contribution is -2.36. The molecule has 0 aromatic rings. The van der Waals surface area contributed by atoms with E-state index in [1.165, 1.54) is 83.5 Å². The molecule has 0 unspecified atom stereocenters. The van der Waals surface area contributed by atoms with Crippen molar-refractivity contribution in [3.8, 4) is 0 Å².